The van der Waals surface area contributed by atoms with E-state index in [-0.39, 0.29) is 16.4 Å². The van der Waals surface area contributed by atoms with Gasteiger partial charge in [-0.15, -0.1) is 0 Å². The fourth-order valence-corrected chi connectivity index (χ4v) is 6.30. The molecule has 1 aromatic heterocycles. The fraction of sp³-hybridized carbons (Fsp3) is 0.414. The number of aromatic nitrogens is 1. The van der Waals surface area contributed by atoms with E-state index in [1.54, 1.807) is 5.56 Å². The van der Waals surface area contributed by atoms with Crippen LogP contribution < -0.4 is 4.57 Å². The molecular formula is C29H34N+. The van der Waals surface area contributed by atoms with Crippen LogP contribution >= 0.6 is 0 Å². The van der Waals surface area contributed by atoms with Crippen LogP contribution in [0.15, 0.2) is 60.8 Å². The van der Waals surface area contributed by atoms with E-state index in [2.05, 4.69) is 107 Å². The van der Waals surface area contributed by atoms with Crippen LogP contribution in [-0.4, -0.2) is 0 Å². The molecule has 0 saturated heterocycles. The van der Waals surface area contributed by atoms with Gasteiger partial charge in [0, 0.05) is 24.5 Å². The zero-order valence-corrected chi connectivity index (χ0v) is 19.3. The first kappa shape index (κ1) is 19.5. The van der Waals surface area contributed by atoms with E-state index in [0.717, 1.165) is 0 Å². The lowest BCUT2D eigenvalue weighted by atomic mass is 9.77. The molecule has 0 spiro atoms. The molecule has 0 radical (unpaired) electrons. The van der Waals surface area contributed by atoms with Crippen LogP contribution in [0.2, 0.25) is 0 Å². The van der Waals surface area contributed by atoms with Gasteiger partial charge in [-0.25, -0.2) is 0 Å². The van der Waals surface area contributed by atoms with Gasteiger partial charge in [-0.2, -0.15) is 4.57 Å². The molecule has 2 heterocycles. The summed E-state index contributed by atoms with van der Waals surface area (Å²) in [7, 11) is 0. The first-order valence-corrected chi connectivity index (χ1v) is 11.5. The third kappa shape index (κ3) is 2.44. The number of rotatable bonds is 3. The predicted octanol–water partition coefficient (Wildman–Crippen LogP) is 7.08. The second kappa shape index (κ2) is 6.30. The Balaban J connectivity index is 1.77. The Morgan fingerprint density at radius 1 is 0.900 bits per heavy atom. The van der Waals surface area contributed by atoms with Gasteiger partial charge in [-0.05, 0) is 59.2 Å². The summed E-state index contributed by atoms with van der Waals surface area (Å²) < 4.78 is 2.62. The third-order valence-corrected chi connectivity index (χ3v) is 7.96. The van der Waals surface area contributed by atoms with Crippen molar-refractivity contribution in [1.82, 2.24) is 0 Å². The lowest BCUT2D eigenvalue weighted by molar-refractivity contribution is -0.736. The van der Waals surface area contributed by atoms with Gasteiger partial charge < -0.3 is 0 Å². The van der Waals surface area contributed by atoms with Gasteiger partial charge >= 0.3 is 0 Å². The highest BCUT2D eigenvalue weighted by molar-refractivity contribution is 5.77. The van der Waals surface area contributed by atoms with Crippen LogP contribution in [0.3, 0.4) is 0 Å². The van der Waals surface area contributed by atoms with E-state index in [0.29, 0.717) is 0 Å². The minimum Gasteiger partial charge on any atom is -0.192 e. The van der Waals surface area contributed by atoms with Crippen molar-refractivity contribution in [1.29, 1.82) is 0 Å². The van der Waals surface area contributed by atoms with E-state index in [9.17, 15) is 0 Å². The van der Waals surface area contributed by atoms with Crippen molar-refractivity contribution in [2.24, 2.45) is 0 Å². The molecule has 2 unspecified atom stereocenters. The molecule has 5 rings (SSSR count). The maximum Gasteiger partial charge on any atom is 0.213 e. The van der Waals surface area contributed by atoms with Crippen molar-refractivity contribution in [3.63, 3.8) is 0 Å². The van der Waals surface area contributed by atoms with E-state index in [4.69, 9.17) is 0 Å². The highest BCUT2D eigenvalue weighted by atomic mass is 15.2. The van der Waals surface area contributed by atoms with Gasteiger partial charge in [-0.3, -0.25) is 0 Å². The van der Waals surface area contributed by atoms with Gasteiger partial charge in [0.1, 0.15) is 0 Å². The van der Waals surface area contributed by atoms with Crippen LogP contribution in [0.25, 0.3) is 22.4 Å². The highest BCUT2D eigenvalue weighted by Crippen LogP contribution is 2.67. The molecule has 0 N–H and O–H groups in total. The molecule has 1 fully saturated rings. The van der Waals surface area contributed by atoms with Crippen LogP contribution in [0.4, 0.5) is 0 Å². The molecule has 1 heteroatoms. The number of hydrogen-bond acceptors (Lipinski definition) is 0. The topological polar surface area (TPSA) is 3.88 Å². The van der Waals surface area contributed by atoms with Crippen LogP contribution in [0.5, 0.6) is 0 Å². The average molecular weight is 397 g/mol. The Hall–Kier alpha value is -2.41. The summed E-state index contributed by atoms with van der Waals surface area (Å²) in [6, 6.07) is 20.8. The third-order valence-electron chi connectivity index (χ3n) is 7.96. The standard InChI is InChI=1S/C29H34N/c1-7-28-19-29(28,8-2)30-18-20(3)13-16-26(30)23-15-14-21(17-25(23)28)22-11-9-10-12-24(22)27(4,5)6/h9-18H,7-8,19H2,1-6H3/q+1. The normalized spacial score (nSPS) is 24.1. The Kier molecular flexibility index (Phi) is 4.10. The van der Waals surface area contributed by atoms with Crippen molar-refractivity contribution in [3.05, 3.63) is 77.5 Å². The maximum atomic E-state index is 2.62. The Labute approximate surface area is 181 Å². The van der Waals surface area contributed by atoms with Crippen LogP contribution in [-0.2, 0) is 16.4 Å². The van der Waals surface area contributed by atoms with E-state index in [1.807, 2.05) is 0 Å². The van der Waals surface area contributed by atoms with Gasteiger partial charge in [0.15, 0.2) is 11.7 Å². The van der Waals surface area contributed by atoms with Crippen molar-refractivity contribution >= 4 is 0 Å². The van der Waals surface area contributed by atoms with Crippen LogP contribution in [0, 0.1) is 6.92 Å². The van der Waals surface area contributed by atoms with Crippen molar-refractivity contribution in [2.75, 3.05) is 0 Å². The number of nitrogens with zero attached hydrogens (tertiary/aromatic N) is 1. The number of pyridine rings is 1. The summed E-state index contributed by atoms with van der Waals surface area (Å²) in [5, 5.41) is 0. The van der Waals surface area contributed by atoms with E-state index < -0.39 is 0 Å². The van der Waals surface area contributed by atoms with Gasteiger partial charge in [-0.1, -0.05) is 65.0 Å². The molecule has 2 aliphatic rings. The monoisotopic (exact) mass is 396 g/mol. The number of aryl methyl sites for hydroxylation is 1. The molecule has 2 atom stereocenters. The quantitative estimate of drug-likeness (QED) is 0.416. The van der Waals surface area contributed by atoms with Crippen molar-refractivity contribution in [2.45, 2.75) is 77.2 Å². The molecule has 30 heavy (non-hydrogen) atoms. The molecule has 1 nitrogen and oxygen atoms in total. The molecule has 0 amide bonds. The molecule has 1 saturated carbocycles. The van der Waals surface area contributed by atoms with Crippen LogP contribution in [0.1, 0.15) is 70.6 Å². The van der Waals surface area contributed by atoms with Gasteiger partial charge in [0.2, 0.25) is 5.69 Å². The fourth-order valence-electron chi connectivity index (χ4n) is 6.30. The SMILES string of the molecule is CCC12CC1(CC)[n+]1cc(C)ccc1-c1ccc(-c3ccccc3C(C)(C)C)cc12. The lowest BCUT2D eigenvalue weighted by Gasteiger charge is -2.30. The molecule has 1 aliphatic heterocycles. The van der Waals surface area contributed by atoms with Crippen molar-refractivity contribution in [3.8, 4) is 22.4 Å². The first-order chi connectivity index (χ1) is 14.3. The molecule has 154 valence electrons. The molecule has 2 aromatic carbocycles. The zero-order chi connectivity index (χ0) is 21.3. The average Bonchev–Trinajstić information content (AvgIpc) is 3.44. The number of fused-ring (bicyclic) bond motifs is 6. The summed E-state index contributed by atoms with van der Waals surface area (Å²) in [4.78, 5) is 0. The smallest absolute Gasteiger partial charge is 0.192 e. The first-order valence-electron chi connectivity index (χ1n) is 11.5. The minimum atomic E-state index is 0.127. The zero-order valence-electron chi connectivity index (χ0n) is 19.3. The van der Waals surface area contributed by atoms with E-state index in [1.165, 1.54) is 52.8 Å². The second-order valence-corrected chi connectivity index (χ2v) is 10.5. The molecule has 1 aliphatic carbocycles. The van der Waals surface area contributed by atoms with E-state index >= 15 is 0 Å². The van der Waals surface area contributed by atoms with Gasteiger partial charge in [0.25, 0.3) is 0 Å². The molecule has 3 aromatic rings. The largest absolute Gasteiger partial charge is 0.213 e. The summed E-state index contributed by atoms with van der Waals surface area (Å²) in [6.45, 7) is 13.9. The summed E-state index contributed by atoms with van der Waals surface area (Å²) >= 11 is 0. The maximum absolute atomic E-state index is 2.62. The Morgan fingerprint density at radius 3 is 2.37 bits per heavy atom. The number of benzene rings is 2. The summed E-state index contributed by atoms with van der Waals surface area (Å²) in [5.41, 5.74) is 10.5. The highest BCUT2D eigenvalue weighted by Gasteiger charge is 2.76. The predicted molar refractivity (Wildman–Crippen MR) is 126 cm³/mol. The molecule has 0 bridgehead atoms. The van der Waals surface area contributed by atoms with Crippen molar-refractivity contribution < 1.29 is 4.57 Å². The Morgan fingerprint density at radius 2 is 1.67 bits per heavy atom. The van der Waals surface area contributed by atoms with Gasteiger partial charge in [0.05, 0.1) is 11.0 Å². The number of hydrogen-bond donors (Lipinski definition) is 0. The minimum absolute atomic E-state index is 0.127. The lowest BCUT2D eigenvalue weighted by Crippen LogP contribution is -2.54. The second-order valence-electron chi connectivity index (χ2n) is 10.5. The Bertz CT molecular complexity index is 1150. The molecular weight excluding hydrogens is 362 g/mol. The summed E-state index contributed by atoms with van der Waals surface area (Å²) in [6.07, 6.45) is 6.02. The summed E-state index contributed by atoms with van der Waals surface area (Å²) in [5.74, 6) is 0.